The van der Waals surface area contributed by atoms with Crippen LogP contribution in [0.15, 0.2) is 22.4 Å². The molecule has 2 heterocycles. The second kappa shape index (κ2) is 5.06. The third-order valence-corrected chi connectivity index (χ3v) is 4.66. The smallest absolute Gasteiger partial charge is 0.258 e. The summed E-state index contributed by atoms with van der Waals surface area (Å²) in [6, 6.07) is 2.84. The van der Waals surface area contributed by atoms with Gasteiger partial charge in [0, 0.05) is 36.3 Å². The van der Waals surface area contributed by atoms with Gasteiger partial charge < -0.3 is 0 Å². The first kappa shape index (κ1) is 12.8. The van der Waals surface area contributed by atoms with E-state index in [-0.39, 0.29) is 5.56 Å². The maximum atomic E-state index is 12.0. The average Bonchev–Trinajstić information content (AvgIpc) is 2.74. The highest BCUT2D eigenvalue weighted by Crippen LogP contribution is 2.27. The van der Waals surface area contributed by atoms with Crippen LogP contribution < -0.4 is 5.56 Å². The highest BCUT2D eigenvalue weighted by molar-refractivity contribution is 7.15. The Morgan fingerprint density at radius 1 is 1.53 bits per heavy atom. The molecule has 1 aliphatic rings. The van der Waals surface area contributed by atoms with Gasteiger partial charge in [-0.05, 0) is 26.7 Å². The molecule has 0 amide bonds. The number of thiazole rings is 1. The molecule has 0 aromatic carbocycles. The molecule has 1 fully saturated rings. The van der Waals surface area contributed by atoms with E-state index < -0.39 is 0 Å². The molecule has 0 radical (unpaired) electrons. The fraction of sp³-hybridized carbons (Fsp3) is 0.571. The fourth-order valence-electron chi connectivity index (χ4n) is 2.61. The van der Waals surface area contributed by atoms with Crippen LogP contribution in [0.3, 0.4) is 0 Å². The van der Waals surface area contributed by atoms with Crippen LogP contribution in [-0.2, 0) is 6.54 Å². The minimum absolute atomic E-state index is 0.0264. The van der Waals surface area contributed by atoms with E-state index in [0.717, 1.165) is 17.2 Å². The molecule has 0 saturated heterocycles. The number of hydrogen-bond acceptors (Lipinski definition) is 4. The van der Waals surface area contributed by atoms with Gasteiger partial charge in [-0.15, -0.1) is 11.3 Å². The van der Waals surface area contributed by atoms with Gasteiger partial charge in [0.1, 0.15) is 0 Å². The molecule has 0 bridgehead atoms. The van der Waals surface area contributed by atoms with Crippen molar-refractivity contribution in [3.05, 3.63) is 33.7 Å². The maximum Gasteiger partial charge on any atom is 0.258 e. The van der Waals surface area contributed by atoms with Crippen LogP contribution in [0.4, 0.5) is 0 Å². The van der Waals surface area contributed by atoms with E-state index in [1.807, 2.05) is 5.38 Å². The lowest BCUT2D eigenvalue weighted by Crippen LogP contribution is -2.44. The van der Waals surface area contributed by atoms with Gasteiger partial charge in [-0.2, -0.15) is 0 Å². The van der Waals surface area contributed by atoms with Crippen molar-refractivity contribution in [3.8, 4) is 0 Å². The van der Waals surface area contributed by atoms with Gasteiger partial charge in [-0.3, -0.25) is 14.1 Å². The van der Waals surface area contributed by atoms with E-state index in [4.69, 9.17) is 0 Å². The molecular formula is C14H19N3OS. The predicted octanol–water partition coefficient (Wildman–Crippen LogP) is 2.52. The van der Waals surface area contributed by atoms with Crippen molar-refractivity contribution in [2.45, 2.75) is 51.7 Å². The molecule has 4 nitrogen and oxygen atoms in total. The van der Waals surface area contributed by atoms with Crippen LogP contribution >= 0.6 is 11.3 Å². The first-order valence-electron chi connectivity index (χ1n) is 6.86. The summed E-state index contributed by atoms with van der Waals surface area (Å²) in [6.07, 6.45) is 5.66. The zero-order valence-corrected chi connectivity index (χ0v) is 12.2. The molecule has 0 unspecified atom stereocenters. The first-order chi connectivity index (χ1) is 9.15. The molecule has 2 aromatic heterocycles. The van der Waals surface area contributed by atoms with Crippen molar-refractivity contribution >= 4 is 16.3 Å². The molecule has 102 valence electrons. The quantitative estimate of drug-likeness (QED) is 0.862. The van der Waals surface area contributed by atoms with Crippen LogP contribution in [0.25, 0.3) is 4.96 Å². The normalized spacial score (nSPS) is 16.4. The summed E-state index contributed by atoms with van der Waals surface area (Å²) in [7, 11) is 0. The lowest BCUT2D eigenvalue weighted by molar-refractivity contribution is 0.0852. The molecule has 2 aromatic rings. The van der Waals surface area contributed by atoms with Crippen LogP contribution in [0, 0.1) is 0 Å². The number of nitrogens with zero attached hydrogens (tertiary/aromatic N) is 3. The van der Waals surface area contributed by atoms with E-state index in [2.05, 4.69) is 23.7 Å². The maximum absolute atomic E-state index is 12.0. The van der Waals surface area contributed by atoms with Crippen molar-refractivity contribution in [2.24, 2.45) is 0 Å². The fourth-order valence-corrected chi connectivity index (χ4v) is 3.35. The standard InChI is InChI=1S/C14H19N3OS/c1-10(2)17(12-4-3-5-12)9-11-8-13(18)16-6-7-19-14(16)15-11/h6-8,10,12H,3-5,9H2,1-2H3. The zero-order valence-electron chi connectivity index (χ0n) is 11.4. The Labute approximate surface area is 116 Å². The predicted molar refractivity (Wildman–Crippen MR) is 77.7 cm³/mol. The lowest BCUT2D eigenvalue weighted by atomic mass is 9.90. The number of aromatic nitrogens is 2. The van der Waals surface area contributed by atoms with Crippen molar-refractivity contribution in [1.29, 1.82) is 0 Å². The van der Waals surface area contributed by atoms with Crippen LogP contribution in [0.5, 0.6) is 0 Å². The summed E-state index contributed by atoms with van der Waals surface area (Å²) < 4.78 is 1.61. The number of hydrogen-bond donors (Lipinski definition) is 0. The monoisotopic (exact) mass is 277 g/mol. The van der Waals surface area contributed by atoms with Gasteiger partial charge >= 0.3 is 0 Å². The second-order valence-electron chi connectivity index (χ2n) is 5.49. The summed E-state index contributed by atoms with van der Waals surface area (Å²) in [6.45, 7) is 5.22. The topological polar surface area (TPSA) is 37.6 Å². The molecule has 0 atom stereocenters. The van der Waals surface area contributed by atoms with Gasteiger partial charge in [-0.25, -0.2) is 4.98 Å². The van der Waals surface area contributed by atoms with Gasteiger partial charge in [0.15, 0.2) is 4.96 Å². The van der Waals surface area contributed by atoms with E-state index in [1.54, 1.807) is 16.7 Å². The molecule has 0 N–H and O–H groups in total. The Morgan fingerprint density at radius 2 is 2.32 bits per heavy atom. The third-order valence-electron chi connectivity index (χ3n) is 3.91. The Bertz CT molecular complexity index is 627. The van der Waals surface area contributed by atoms with E-state index in [0.29, 0.717) is 12.1 Å². The van der Waals surface area contributed by atoms with Crippen LogP contribution in [0.1, 0.15) is 38.8 Å². The van der Waals surface area contributed by atoms with Gasteiger partial charge in [-0.1, -0.05) is 6.42 Å². The molecule has 19 heavy (non-hydrogen) atoms. The third kappa shape index (κ3) is 2.44. The van der Waals surface area contributed by atoms with Gasteiger partial charge in [0.2, 0.25) is 0 Å². The summed E-state index contributed by atoms with van der Waals surface area (Å²) in [5, 5.41) is 1.90. The number of fused-ring (bicyclic) bond motifs is 1. The zero-order chi connectivity index (χ0) is 13.4. The molecule has 0 spiro atoms. The van der Waals surface area contributed by atoms with Crippen LogP contribution in [-0.4, -0.2) is 26.4 Å². The van der Waals surface area contributed by atoms with Crippen molar-refractivity contribution in [1.82, 2.24) is 14.3 Å². The van der Waals surface area contributed by atoms with E-state index >= 15 is 0 Å². The Morgan fingerprint density at radius 3 is 2.95 bits per heavy atom. The van der Waals surface area contributed by atoms with Crippen molar-refractivity contribution < 1.29 is 0 Å². The highest BCUT2D eigenvalue weighted by atomic mass is 32.1. The first-order valence-corrected chi connectivity index (χ1v) is 7.74. The minimum Gasteiger partial charge on any atom is -0.292 e. The Hall–Kier alpha value is -1.20. The van der Waals surface area contributed by atoms with Gasteiger partial charge in [0.25, 0.3) is 5.56 Å². The molecule has 3 rings (SSSR count). The average molecular weight is 277 g/mol. The molecule has 1 saturated carbocycles. The highest BCUT2D eigenvalue weighted by Gasteiger charge is 2.27. The Balaban J connectivity index is 1.88. The summed E-state index contributed by atoms with van der Waals surface area (Å²) in [4.78, 5) is 19.8. The summed E-state index contributed by atoms with van der Waals surface area (Å²) in [5.41, 5.74) is 0.923. The molecule has 1 aliphatic carbocycles. The largest absolute Gasteiger partial charge is 0.292 e. The van der Waals surface area contributed by atoms with Crippen molar-refractivity contribution in [3.63, 3.8) is 0 Å². The number of rotatable bonds is 4. The minimum atomic E-state index is 0.0264. The summed E-state index contributed by atoms with van der Waals surface area (Å²) >= 11 is 1.51. The molecule has 5 heteroatoms. The second-order valence-corrected chi connectivity index (χ2v) is 6.37. The van der Waals surface area contributed by atoms with Crippen molar-refractivity contribution in [2.75, 3.05) is 0 Å². The Kier molecular flexibility index (Phi) is 3.41. The van der Waals surface area contributed by atoms with E-state index in [9.17, 15) is 4.79 Å². The van der Waals surface area contributed by atoms with Gasteiger partial charge in [0.05, 0.1) is 5.69 Å². The summed E-state index contributed by atoms with van der Waals surface area (Å²) in [5.74, 6) is 0. The SMILES string of the molecule is CC(C)N(Cc1cc(=O)n2ccsc2n1)C1CCC1. The molecular weight excluding hydrogens is 258 g/mol. The lowest BCUT2D eigenvalue weighted by Gasteiger charge is -2.40. The van der Waals surface area contributed by atoms with Crippen LogP contribution in [0.2, 0.25) is 0 Å². The van der Waals surface area contributed by atoms with E-state index in [1.165, 1.54) is 30.6 Å². The molecule has 0 aliphatic heterocycles.